The van der Waals surface area contributed by atoms with Gasteiger partial charge >= 0.3 is 0 Å². The van der Waals surface area contributed by atoms with E-state index in [0.29, 0.717) is 28.7 Å². The summed E-state index contributed by atoms with van der Waals surface area (Å²) in [5.74, 6) is 1.55. The number of hydrogen-bond acceptors (Lipinski definition) is 8. The van der Waals surface area contributed by atoms with Crippen molar-refractivity contribution in [1.29, 1.82) is 0 Å². The van der Waals surface area contributed by atoms with E-state index in [2.05, 4.69) is 30.6 Å². The van der Waals surface area contributed by atoms with Crippen LogP contribution in [-0.4, -0.2) is 44.2 Å². The number of aryl methyl sites for hydroxylation is 2. The lowest BCUT2D eigenvalue weighted by Gasteiger charge is -2.10. The summed E-state index contributed by atoms with van der Waals surface area (Å²) in [6, 6.07) is 10.9. The number of pyridine rings is 3. The predicted molar refractivity (Wildman–Crippen MR) is 138 cm³/mol. The molecule has 9 nitrogen and oxygen atoms in total. The molecule has 0 radical (unpaired) electrons. The van der Waals surface area contributed by atoms with Gasteiger partial charge in [0.2, 0.25) is 0 Å². The number of nitrogens with zero attached hydrogens (tertiary/aromatic N) is 5. The molecule has 4 aromatic heterocycles. The Balaban J connectivity index is 0.000000543. The molecule has 0 saturated heterocycles. The number of amides is 1. The minimum absolute atomic E-state index is 0.220. The Labute approximate surface area is 209 Å². The van der Waals surface area contributed by atoms with Gasteiger partial charge in [0.15, 0.2) is 5.82 Å². The molecule has 0 spiro atoms. The van der Waals surface area contributed by atoms with E-state index in [4.69, 9.17) is 4.98 Å². The van der Waals surface area contributed by atoms with E-state index in [-0.39, 0.29) is 5.91 Å². The summed E-state index contributed by atoms with van der Waals surface area (Å²) < 4.78 is 0. The third kappa shape index (κ3) is 6.32. The van der Waals surface area contributed by atoms with E-state index in [9.17, 15) is 9.59 Å². The fourth-order valence-corrected chi connectivity index (χ4v) is 3.34. The Bertz CT molecular complexity index is 1390. The van der Waals surface area contributed by atoms with Crippen LogP contribution in [0.1, 0.15) is 34.6 Å². The molecule has 1 fully saturated rings. The quantitative estimate of drug-likeness (QED) is 0.386. The van der Waals surface area contributed by atoms with Crippen LogP contribution >= 0.6 is 0 Å². The number of rotatable bonds is 6. The minimum atomic E-state index is -0.220. The highest BCUT2D eigenvalue weighted by atomic mass is 16.1. The van der Waals surface area contributed by atoms with Crippen molar-refractivity contribution in [3.63, 3.8) is 0 Å². The summed E-state index contributed by atoms with van der Waals surface area (Å²) in [6.07, 6.45) is 9.98. The Morgan fingerprint density at radius 1 is 0.972 bits per heavy atom. The van der Waals surface area contributed by atoms with E-state index in [1.54, 1.807) is 36.9 Å². The molecular weight excluding hydrogens is 454 g/mol. The van der Waals surface area contributed by atoms with Crippen molar-refractivity contribution in [3.8, 4) is 22.6 Å². The first-order chi connectivity index (χ1) is 17.5. The summed E-state index contributed by atoms with van der Waals surface area (Å²) in [5.41, 5.74) is 5.08. The Hall–Kier alpha value is -4.53. The standard InChI is InChI=1S/C23H21N7O.C4H6O/c1-14-10-17(5-7-25-14)23(31)29-18-12-19(15(2)28-13-18)20-6-9-27-22(30-20)16-4-8-26-21(11-16)24-3;5-3-4-1-2-4/h4-13H,1-3H3,(H,24,26)(H,29,31);3-4H,1-2H2. The molecule has 4 heterocycles. The van der Waals surface area contributed by atoms with Crippen LogP contribution < -0.4 is 10.6 Å². The molecule has 5 rings (SSSR count). The summed E-state index contributed by atoms with van der Waals surface area (Å²) in [5, 5.41) is 5.91. The van der Waals surface area contributed by atoms with Crippen LogP contribution in [-0.2, 0) is 4.79 Å². The second kappa shape index (κ2) is 11.3. The Kier molecular flexibility index (Phi) is 7.69. The van der Waals surface area contributed by atoms with Crippen LogP contribution in [0.3, 0.4) is 0 Å². The zero-order valence-electron chi connectivity index (χ0n) is 20.4. The molecule has 1 amide bonds. The van der Waals surface area contributed by atoms with Gasteiger partial charge in [0.05, 0.1) is 17.6 Å². The van der Waals surface area contributed by atoms with Gasteiger partial charge < -0.3 is 15.4 Å². The van der Waals surface area contributed by atoms with Gasteiger partial charge in [-0.05, 0) is 63.1 Å². The van der Waals surface area contributed by atoms with Crippen LogP contribution in [0.15, 0.2) is 61.2 Å². The maximum Gasteiger partial charge on any atom is 0.255 e. The van der Waals surface area contributed by atoms with Crippen LogP contribution in [0.4, 0.5) is 11.5 Å². The maximum atomic E-state index is 12.6. The fraction of sp³-hybridized carbons (Fsp3) is 0.222. The van der Waals surface area contributed by atoms with Crippen molar-refractivity contribution in [1.82, 2.24) is 24.9 Å². The number of aromatic nitrogens is 5. The number of carbonyl (C=O) groups excluding carboxylic acids is 2. The highest BCUT2D eigenvalue weighted by Gasteiger charge is 2.19. The van der Waals surface area contributed by atoms with Gasteiger partial charge in [0.1, 0.15) is 12.1 Å². The fourth-order valence-electron chi connectivity index (χ4n) is 3.34. The van der Waals surface area contributed by atoms with E-state index < -0.39 is 0 Å². The Morgan fingerprint density at radius 3 is 2.44 bits per heavy atom. The smallest absolute Gasteiger partial charge is 0.255 e. The Morgan fingerprint density at radius 2 is 1.75 bits per heavy atom. The van der Waals surface area contributed by atoms with Crippen LogP contribution in [0, 0.1) is 19.8 Å². The molecule has 4 aromatic rings. The van der Waals surface area contributed by atoms with Crippen LogP contribution in [0.5, 0.6) is 0 Å². The van der Waals surface area contributed by atoms with Gasteiger partial charge in [-0.15, -0.1) is 0 Å². The predicted octanol–water partition coefficient (Wildman–Crippen LogP) is 4.50. The van der Waals surface area contributed by atoms with Gasteiger partial charge in [-0.3, -0.25) is 14.8 Å². The van der Waals surface area contributed by atoms with Crippen molar-refractivity contribution in [2.24, 2.45) is 5.92 Å². The number of nitrogens with one attached hydrogen (secondary N) is 2. The van der Waals surface area contributed by atoms with Gasteiger partial charge in [0.25, 0.3) is 5.91 Å². The number of anilines is 2. The third-order valence-corrected chi connectivity index (χ3v) is 5.52. The second-order valence-electron chi connectivity index (χ2n) is 8.42. The molecule has 36 heavy (non-hydrogen) atoms. The van der Waals surface area contributed by atoms with E-state index in [1.807, 2.05) is 45.2 Å². The van der Waals surface area contributed by atoms with Crippen molar-refractivity contribution in [2.45, 2.75) is 26.7 Å². The first-order valence-corrected chi connectivity index (χ1v) is 11.6. The lowest BCUT2D eigenvalue weighted by atomic mass is 10.1. The maximum absolute atomic E-state index is 12.6. The van der Waals surface area contributed by atoms with E-state index in [0.717, 1.165) is 47.5 Å². The zero-order valence-corrected chi connectivity index (χ0v) is 20.4. The summed E-state index contributed by atoms with van der Waals surface area (Å²) in [6.45, 7) is 3.75. The highest BCUT2D eigenvalue weighted by Crippen LogP contribution is 2.26. The highest BCUT2D eigenvalue weighted by molar-refractivity contribution is 6.04. The molecule has 1 aliphatic carbocycles. The van der Waals surface area contributed by atoms with Gasteiger partial charge in [-0.2, -0.15) is 0 Å². The average Bonchev–Trinajstić information content (AvgIpc) is 3.75. The molecular formula is C27H27N7O2. The summed E-state index contributed by atoms with van der Waals surface area (Å²) in [4.78, 5) is 44.1. The molecule has 0 atom stereocenters. The number of hydrogen-bond donors (Lipinski definition) is 2. The molecule has 2 N–H and O–H groups in total. The summed E-state index contributed by atoms with van der Waals surface area (Å²) in [7, 11) is 1.81. The first kappa shape index (κ1) is 24.6. The molecule has 0 aromatic carbocycles. The van der Waals surface area contributed by atoms with Crippen molar-refractivity contribution in [3.05, 3.63) is 78.1 Å². The average molecular weight is 482 g/mol. The normalized spacial score (nSPS) is 12.2. The SMILES string of the molecule is CNc1cc(-c2nccc(-c3cc(NC(=O)c4ccnc(C)c4)cnc3C)n2)ccn1.O=CC1CC1. The van der Waals surface area contributed by atoms with Gasteiger partial charge in [-0.1, -0.05) is 0 Å². The number of carbonyl (C=O) groups is 2. The molecule has 0 bridgehead atoms. The topological polar surface area (TPSA) is 123 Å². The minimum Gasteiger partial charge on any atom is -0.373 e. The molecule has 182 valence electrons. The van der Waals surface area contributed by atoms with Crippen molar-refractivity contribution < 1.29 is 9.59 Å². The van der Waals surface area contributed by atoms with Crippen LogP contribution in [0.2, 0.25) is 0 Å². The monoisotopic (exact) mass is 481 g/mol. The lowest BCUT2D eigenvalue weighted by Crippen LogP contribution is -2.12. The molecule has 0 unspecified atom stereocenters. The first-order valence-electron chi connectivity index (χ1n) is 11.6. The summed E-state index contributed by atoms with van der Waals surface area (Å²) >= 11 is 0. The van der Waals surface area contributed by atoms with E-state index in [1.165, 1.54) is 0 Å². The zero-order chi connectivity index (χ0) is 25.5. The second-order valence-corrected chi connectivity index (χ2v) is 8.42. The molecule has 9 heteroatoms. The van der Waals surface area contributed by atoms with Crippen molar-refractivity contribution >= 4 is 23.7 Å². The van der Waals surface area contributed by atoms with Crippen LogP contribution in [0.25, 0.3) is 22.6 Å². The van der Waals surface area contributed by atoms with E-state index >= 15 is 0 Å². The molecule has 0 aliphatic heterocycles. The van der Waals surface area contributed by atoms with Crippen molar-refractivity contribution in [2.75, 3.05) is 17.7 Å². The molecule has 1 saturated carbocycles. The molecule has 1 aliphatic rings. The third-order valence-electron chi connectivity index (χ3n) is 5.52. The van der Waals surface area contributed by atoms with Gasteiger partial charge in [0, 0.05) is 59.6 Å². The number of aldehydes is 1. The van der Waals surface area contributed by atoms with Gasteiger partial charge in [-0.25, -0.2) is 15.0 Å². The lowest BCUT2D eigenvalue weighted by molar-refractivity contribution is -0.108. The largest absolute Gasteiger partial charge is 0.373 e.